The fourth-order valence-corrected chi connectivity index (χ4v) is 3.90. The number of hydrogen-bond donors (Lipinski definition) is 1. The SMILES string of the molecule is O=C(NCCOc1ccc2c(c1)CCC2)N1CCN(c2ccc(F)cc2)CC1. The number of ether oxygens (including phenoxy) is 1. The van der Waals surface area contributed by atoms with Crippen LogP contribution in [0.5, 0.6) is 5.75 Å². The zero-order valence-corrected chi connectivity index (χ0v) is 16.0. The number of piperazine rings is 1. The molecule has 2 aromatic carbocycles. The molecule has 1 heterocycles. The van der Waals surface area contributed by atoms with Crippen LogP contribution in [0.2, 0.25) is 0 Å². The molecule has 5 nitrogen and oxygen atoms in total. The number of fused-ring (bicyclic) bond motifs is 1. The van der Waals surface area contributed by atoms with Crippen molar-refractivity contribution in [1.29, 1.82) is 0 Å². The minimum atomic E-state index is -0.233. The van der Waals surface area contributed by atoms with Crippen LogP contribution in [0.4, 0.5) is 14.9 Å². The maximum atomic E-state index is 13.0. The first-order valence-corrected chi connectivity index (χ1v) is 9.97. The van der Waals surface area contributed by atoms with E-state index in [1.165, 1.54) is 36.1 Å². The van der Waals surface area contributed by atoms with Crippen LogP contribution in [0.1, 0.15) is 17.5 Å². The van der Waals surface area contributed by atoms with E-state index in [-0.39, 0.29) is 11.8 Å². The standard InChI is InChI=1S/C22H26FN3O2/c23-19-5-7-20(8-6-19)25-11-13-26(14-12-25)22(27)24-10-15-28-21-9-4-17-2-1-3-18(17)16-21/h4-9,16H,1-3,10-15H2,(H,24,27). The average molecular weight is 383 g/mol. The number of carbonyl (C=O) groups is 1. The second kappa shape index (κ2) is 8.50. The van der Waals surface area contributed by atoms with Crippen LogP contribution in [0.15, 0.2) is 42.5 Å². The molecule has 1 aliphatic carbocycles. The van der Waals surface area contributed by atoms with Crippen LogP contribution >= 0.6 is 0 Å². The van der Waals surface area contributed by atoms with Crippen LogP contribution in [0, 0.1) is 5.82 Å². The maximum absolute atomic E-state index is 13.0. The summed E-state index contributed by atoms with van der Waals surface area (Å²) in [6.45, 7) is 3.72. The number of halogens is 1. The highest BCUT2D eigenvalue weighted by Gasteiger charge is 2.21. The van der Waals surface area contributed by atoms with Crippen LogP contribution < -0.4 is 15.0 Å². The monoisotopic (exact) mass is 383 g/mol. The van der Waals surface area contributed by atoms with Gasteiger partial charge in [-0.2, -0.15) is 0 Å². The van der Waals surface area contributed by atoms with Gasteiger partial charge in [0, 0.05) is 31.9 Å². The van der Waals surface area contributed by atoms with E-state index in [0.29, 0.717) is 26.2 Å². The zero-order chi connectivity index (χ0) is 19.3. The van der Waals surface area contributed by atoms with Gasteiger partial charge in [-0.1, -0.05) is 6.07 Å². The van der Waals surface area contributed by atoms with Crippen molar-refractivity contribution in [2.24, 2.45) is 0 Å². The van der Waals surface area contributed by atoms with Gasteiger partial charge in [0.05, 0.1) is 6.54 Å². The van der Waals surface area contributed by atoms with Crippen LogP contribution in [-0.4, -0.2) is 50.3 Å². The Bertz CT molecular complexity index is 817. The van der Waals surface area contributed by atoms with Gasteiger partial charge in [-0.05, 0) is 66.8 Å². The first-order valence-electron chi connectivity index (χ1n) is 9.97. The van der Waals surface area contributed by atoms with Gasteiger partial charge >= 0.3 is 6.03 Å². The first-order chi connectivity index (χ1) is 13.7. The molecular formula is C22H26FN3O2. The third kappa shape index (κ3) is 4.38. The minimum absolute atomic E-state index is 0.0590. The van der Waals surface area contributed by atoms with Crippen molar-refractivity contribution in [2.75, 3.05) is 44.2 Å². The quantitative estimate of drug-likeness (QED) is 0.807. The highest BCUT2D eigenvalue weighted by molar-refractivity contribution is 5.74. The molecule has 0 unspecified atom stereocenters. The van der Waals surface area contributed by atoms with Crippen molar-refractivity contribution in [3.05, 3.63) is 59.4 Å². The topological polar surface area (TPSA) is 44.8 Å². The number of urea groups is 1. The van der Waals surface area contributed by atoms with Crippen molar-refractivity contribution < 1.29 is 13.9 Å². The first kappa shape index (κ1) is 18.6. The molecule has 28 heavy (non-hydrogen) atoms. The average Bonchev–Trinajstić information content (AvgIpc) is 3.20. The number of rotatable bonds is 5. The van der Waals surface area contributed by atoms with Crippen LogP contribution in [0.25, 0.3) is 0 Å². The lowest BCUT2D eigenvalue weighted by Crippen LogP contribution is -2.52. The molecule has 0 aromatic heterocycles. The normalized spacial score (nSPS) is 16.0. The molecular weight excluding hydrogens is 357 g/mol. The predicted octanol–water partition coefficient (Wildman–Crippen LogP) is 3.23. The zero-order valence-electron chi connectivity index (χ0n) is 16.0. The Morgan fingerprint density at radius 2 is 1.75 bits per heavy atom. The second-order valence-corrected chi connectivity index (χ2v) is 7.31. The molecule has 6 heteroatoms. The molecule has 4 rings (SSSR count). The number of nitrogens with one attached hydrogen (secondary N) is 1. The molecule has 0 saturated carbocycles. The van der Waals surface area contributed by atoms with Crippen molar-refractivity contribution in [1.82, 2.24) is 10.2 Å². The minimum Gasteiger partial charge on any atom is -0.492 e. The molecule has 0 bridgehead atoms. The summed E-state index contributed by atoms with van der Waals surface area (Å²) in [6.07, 6.45) is 3.52. The Labute approximate surface area is 165 Å². The van der Waals surface area contributed by atoms with Gasteiger partial charge in [0.25, 0.3) is 0 Å². The van der Waals surface area contributed by atoms with Gasteiger partial charge in [-0.3, -0.25) is 0 Å². The predicted molar refractivity (Wildman–Crippen MR) is 108 cm³/mol. The molecule has 2 aliphatic rings. The Kier molecular flexibility index (Phi) is 5.65. The largest absolute Gasteiger partial charge is 0.492 e. The van der Waals surface area contributed by atoms with Gasteiger partial charge in [-0.25, -0.2) is 9.18 Å². The van der Waals surface area contributed by atoms with E-state index >= 15 is 0 Å². The number of amides is 2. The molecule has 0 radical (unpaired) electrons. The third-order valence-electron chi connectivity index (χ3n) is 5.48. The van der Waals surface area contributed by atoms with Crippen molar-refractivity contribution in [3.63, 3.8) is 0 Å². The molecule has 0 spiro atoms. The van der Waals surface area contributed by atoms with E-state index in [1.54, 1.807) is 12.1 Å². The number of hydrogen-bond acceptors (Lipinski definition) is 3. The summed E-state index contributed by atoms with van der Waals surface area (Å²) in [5.41, 5.74) is 3.81. The summed E-state index contributed by atoms with van der Waals surface area (Å²) in [6, 6.07) is 12.7. The number of aryl methyl sites for hydroxylation is 2. The Morgan fingerprint density at radius 1 is 1.00 bits per heavy atom. The summed E-state index contributed by atoms with van der Waals surface area (Å²) in [5.74, 6) is 0.645. The smallest absolute Gasteiger partial charge is 0.317 e. The summed E-state index contributed by atoms with van der Waals surface area (Å²) in [4.78, 5) is 16.3. The van der Waals surface area contributed by atoms with Gasteiger partial charge in [0.15, 0.2) is 0 Å². The Morgan fingerprint density at radius 3 is 2.54 bits per heavy atom. The second-order valence-electron chi connectivity index (χ2n) is 7.31. The van der Waals surface area contributed by atoms with Gasteiger partial charge in [0.2, 0.25) is 0 Å². The fraction of sp³-hybridized carbons (Fsp3) is 0.409. The van der Waals surface area contributed by atoms with Gasteiger partial charge < -0.3 is 19.9 Å². The summed E-state index contributed by atoms with van der Waals surface area (Å²) in [7, 11) is 0. The summed E-state index contributed by atoms with van der Waals surface area (Å²) in [5, 5.41) is 2.93. The van der Waals surface area contributed by atoms with E-state index < -0.39 is 0 Å². The molecule has 2 amide bonds. The van der Waals surface area contributed by atoms with Crippen molar-refractivity contribution in [2.45, 2.75) is 19.3 Å². The summed E-state index contributed by atoms with van der Waals surface area (Å²) >= 11 is 0. The highest BCUT2D eigenvalue weighted by atomic mass is 19.1. The van der Waals surface area contributed by atoms with Crippen molar-refractivity contribution in [3.8, 4) is 5.75 Å². The number of carbonyl (C=O) groups excluding carboxylic acids is 1. The highest BCUT2D eigenvalue weighted by Crippen LogP contribution is 2.25. The lowest BCUT2D eigenvalue weighted by atomic mass is 10.1. The maximum Gasteiger partial charge on any atom is 0.317 e. The lowest BCUT2D eigenvalue weighted by Gasteiger charge is -2.36. The number of anilines is 1. The summed E-state index contributed by atoms with van der Waals surface area (Å²) < 4.78 is 18.8. The molecule has 1 N–H and O–H groups in total. The van der Waals surface area contributed by atoms with E-state index in [9.17, 15) is 9.18 Å². The molecule has 2 aromatic rings. The van der Waals surface area contributed by atoms with E-state index in [1.807, 2.05) is 11.0 Å². The van der Waals surface area contributed by atoms with E-state index in [4.69, 9.17) is 4.74 Å². The molecule has 1 saturated heterocycles. The Balaban J connectivity index is 1.17. The van der Waals surface area contributed by atoms with Gasteiger partial charge in [0.1, 0.15) is 18.2 Å². The van der Waals surface area contributed by atoms with E-state index in [0.717, 1.165) is 30.9 Å². The number of nitrogens with zero attached hydrogens (tertiary/aromatic N) is 2. The van der Waals surface area contributed by atoms with Crippen LogP contribution in [0.3, 0.4) is 0 Å². The molecule has 1 fully saturated rings. The fourth-order valence-electron chi connectivity index (χ4n) is 3.90. The molecule has 1 aliphatic heterocycles. The lowest BCUT2D eigenvalue weighted by molar-refractivity contribution is 0.191. The molecule has 0 atom stereocenters. The van der Waals surface area contributed by atoms with E-state index in [2.05, 4.69) is 22.3 Å². The Hall–Kier alpha value is -2.76. The molecule has 148 valence electrons. The van der Waals surface area contributed by atoms with Crippen molar-refractivity contribution >= 4 is 11.7 Å². The van der Waals surface area contributed by atoms with Gasteiger partial charge in [-0.15, -0.1) is 0 Å². The van der Waals surface area contributed by atoms with Crippen LogP contribution in [-0.2, 0) is 12.8 Å². The third-order valence-corrected chi connectivity index (χ3v) is 5.48. The number of benzene rings is 2.